The molecule has 1 saturated carbocycles. The van der Waals surface area contributed by atoms with Crippen molar-refractivity contribution >= 4 is 10.8 Å². The number of benzene rings is 3. The van der Waals surface area contributed by atoms with E-state index in [-0.39, 0.29) is 0 Å². The van der Waals surface area contributed by atoms with Gasteiger partial charge in [0.1, 0.15) is 0 Å². The number of hydrogen-bond acceptors (Lipinski definition) is 0. The highest BCUT2D eigenvalue weighted by Crippen LogP contribution is 2.32. The lowest BCUT2D eigenvalue weighted by Crippen LogP contribution is -2.03. The topological polar surface area (TPSA) is 0 Å². The predicted molar refractivity (Wildman–Crippen MR) is 96.2 cm³/mol. The van der Waals surface area contributed by atoms with Gasteiger partial charge in [0, 0.05) is 0 Å². The molecule has 112 valence electrons. The highest BCUT2D eigenvalue weighted by atomic mass is 14.2. The third-order valence-electron chi connectivity index (χ3n) is 4.53. The van der Waals surface area contributed by atoms with Crippen LogP contribution in [0.1, 0.15) is 43.6 Å². The lowest BCUT2D eigenvalue weighted by Gasteiger charge is -2.21. The molecule has 1 aliphatic carbocycles. The van der Waals surface area contributed by atoms with Gasteiger partial charge in [-0.25, -0.2) is 0 Å². The Balaban J connectivity index is 0.000000133. The minimum atomic E-state index is 0.861. The Kier molecular flexibility index (Phi) is 5.26. The molecule has 0 spiro atoms. The Morgan fingerprint density at radius 2 is 0.955 bits per heavy atom. The molecule has 0 aliphatic heterocycles. The summed E-state index contributed by atoms with van der Waals surface area (Å²) in [6.07, 6.45) is 7.12. The molecule has 0 heterocycles. The first-order valence-corrected chi connectivity index (χ1v) is 8.42. The van der Waals surface area contributed by atoms with Gasteiger partial charge in [0.2, 0.25) is 0 Å². The van der Waals surface area contributed by atoms with Crippen LogP contribution in [0.25, 0.3) is 10.8 Å². The number of hydrogen-bond donors (Lipinski definition) is 0. The average Bonchev–Trinajstić information content (AvgIpc) is 2.64. The van der Waals surface area contributed by atoms with Crippen molar-refractivity contribution in [3.05, 3.63) is 84.4 Å². The summed E-state index contributed by atoms with van der Waals surface area (Å²) in [6.45, 7) is 0. The smallest absolute Gasteiger partial charge is 0.0162 e. The summed E-state index contributed by atoms with van der Waals surface area (Å²) in [4.78, 5) is 0. The first kappa shape index (κ1) is 14.8. The molecule has 0 unspecified atom stereocenters. The van der Waals surface area contributed by atoms with Crippen molar-refractivity contribution in [2.75, 3.05) is 0 Å². The Bertz CT molecular complexity index is 613. The lowest BCUT2D eigenvalue weighted by atomic mass is 9.84. The second kappa shape index (κ2) is 7.79. The summed E-state index contributed by atoms with van der Waals surface area (Å²) in [6, 6.07) is 27.7. The molecule has 3 aromatic rings. The first-order valence-electron chi connectivity index (χ1n) is 8.42. The van der Waals surface area contributed by atoms with E-state index in [1.165, 1.54) is 42.9 Å². The van der Waals surface area contributed by atoms with Gasteiger partial charge in [-0.15, -0.1) is 0 Å². The molecule has 0 saturated heterocycles. The molecule has 0 aromatic heterocycles. The summed E-state index contributed by atoms with van der Waals surface area (Å²) in [5, 5.41) is 2.62. The Labute approximate surface area is 133 Å². The maximum absolute atomic E-state index is 2.27. The van der Waals surface area contributed by atoms with Crippen LogP contribution in [0, 0.1) is 0 Å². The van der Waals surface area contributed by atoms with E-state index < -0.39 is 0 Å². The van der Waals surface area contributed by atoms with Crippen LogP contribution in [0.15, 0.2) is 78.9 Å². The van der Waals surface area contributed by atoms with Crippen LogP contribution in [0.3, 0.4) is 0 Å². The molecule has 0 bridgehead atoms. The van der Waals surface area contributed by atoms with Gasteiger partial charge in [0.15, 0.2) is 0 Å². The molecule has 0 amide bonds. The molecule has 22 heavy (non-hydrogen) atoms. The van der Waals surface area contributed by atoms with Crippen LogP contribution in [0.4, 0.5) is 0 Å². The molecule has 0 N–H and O–H groups in total. The fourth-order valence-electron chi connectivity index (χ4n) is 3.29. The minimum Gasteiger partial charge on any atom is -0.0622 e. The van der Waals surface area contributed by atoms with Gasteiger partial charge < -0.3 is 0 Å². The standard InChI is InChI=1S/C12H16.C10H8/c1-3-7-11(8-4-1)12-9-5-2-6-10-12;1-2-6-10-8-4-3-7-9(10)5-1/h1,3-4,7-8,12H,2,5-6,9-10H2;1-8H. The monoisotopic (exact) mass is 288 g/mol. The van der Waals surface area contributed by atoms with Crippen LogP contribution in [0.2, 0.25) is 0 Å². The summed E-state index contributed by atoms with van der Waals surface area (Å²) in [7, 11) is 0. The zero-order valence-corrected chi connectivity index (χ0v) is 13.1. The minimum absolute atomic E-state index is 0.861. The molecule has 4 rings (SSSR count). The summed E-state index contributed by atoms with van der Waals surface area (Å²) < 4.78 is 0. The second-order valence-electron chi connectivity index (χ2n) is 6.09. The summed E-state index contributed by atoms with van der Waals surface area (Å²) in [5.74, 6) is 0.861. The first-order chi connectivity index (χ1) is 10.9. The normalized spacial score (nSPS) is 15.1. The van der Waals surface area contributed by atoms with E-state index in [0.29, 0.717) is 0 Å². The van der Waals surface area contributed by atoms with Gasteiger partial charge in [-0.2, -0.15) is 0 Å². The van der Waals surface area contributed by atoms with E-state index in [1.54, 1.807) is 5.56 Å². The van der Waals surface area contributed by atoms with Gasteiger partial charge in [0.05, 0.1) is 0 Å². The van der Waals surface area contributed by atoms with Crippen molar-refractivity contribution in [3.63, 3.8) is 0 Å². The van der Waals surface area contributed by atoms with E-state index >= 15 is 0 Å². The Hall–Kier alpha value is -2.08. The summed E-state index contributed by atoms with van der Waals surface area (Å²) >= 11 is 0. The van der Waals surface area contributed by atoms with E-state index in [4.69, 9.17) is 0 Å². The maximum atomic E-state index is 2.27. The molecular formula is C22H24. The molecule has 0 heteroatoms. The zero-order chi connectivity index (χ0) is 15.0. The van der Waals surface area contributed by atoms with E-state index in [0.717, 1.165) is 5.92 Å². The van der Waals surface area contributed by atoms with Crippen LogP contribution >= 0.6 is 0 Å². The largest absolute Gasteiger partial charge is 0.0622 e. The fraction of sp³-hybridized carbons (Fsp3) is 0.273. The average molecular weight is 288 g/mol. The van der Waals surface area contributed by atoms with Crippen LogP contribution in [0.5, 0.6) is 0 Å². The molecule has 1 fully saturated rings. The van der Waals surface area contributed by atoms with Crippen molar-refractivity contribution in [2.45, 2.75) is 38.0 Å². The quantitative estimate of drug-likeness (QED) is 0.475. The predicted octanol–water partition coefficient (Wildman–Crippen LogP) is 6.57. The van der Waals surface area contributed by atoms with Crippen molar-refractivity contribution in [3.8, 4) is 0 Å². The third kappa shape index (κ3) is 3.98. The van der Waals surface area contributed by atoms with Crippen LogP contribution in [-0.4, -0.2) is 0 Å². The molecule has 0 radical (unpaired) electrons. The molecule has 0 nitrogen and oxygen atoms in total. The van der Waals surface area contributed by atoms with Crippen LogP contribution in [-0.2, 0) is 0 Å². The van der Waals surface area contributed by atoms with Crippen molar-refractivity contribution < 1.29 is 0 Å². The summed E-state index contributed by atoms with van der Waals surface area (Å²) in [5.41, 5.74) is 1.55. The zero-order valence-electron chi connectivity index (χ0n) is 13.1. The van der Waals surface area contributed by atoms with E-state index in [1.807, 2.05) is 0 Å². The second-order valence-corrected chi connectivity index (χ2v) is 6.09. The molecule has 1 aliphatic rings. The molecule has 0 atom stereocenters. The highest BCUT2D eigenvalue weighted by Gasteiger charge is 2.14. The SMILES string of the molecule is c1ccc(C2CCCCC2)cc1.c1ccc2ccccc2c1. The van der Waals surface area contributed by atoms with Crippen molar-refractivity contribution in [1.82, 2.24) is 0 Å². The van der Waals surface area contributed by atoms with Gasteiger partial charge in [-0.1, -0.05) is 98.1 Å². The number of rotatable bonds is 1. The van der Waals surface area contributed by atoms with Gasteiger partial charge in [-0.3, -0.25) is 0 Å². The van der Waals surface area contributed by atoms with E-state index in [9.17, 15) is 0 Å². The van der Waals surface area contributed by atoms with Gasteiger partial charge >= 0.3 is 0 Å². The molecule has 3 aromatic carbocycles. The molecular weight excluding hydrogens is 264 g/mol. The van der Waals surface area contributed by atoms with Gasteiger partial charge in [-0.05, 0) is 35.1 Å². The van der Waals surface area contributed by atoms with Crippen LogP contribution < -0.4 is 0 Å². The van der Waals surface area contributed by atoms with Crippen molar-refractivity contribution in [2.24, 2.45) is 0 Å². The highest BCUT2D eigenvalue weighted by molar-refractivity contribution is 5.81. The fourth-order valence-corrected chi connectivity index (χ4v) is 3.29. The van der Waals surface area contributed by atoms with Gasteiger partial charge in [0.25, 0.3) is 0 Å². The Morgan fingerprint density at radius 3 is 1.45 bits per heavy atom. The maximum Gasteiger partial charge on any atom is -0.0162 e. The van der Waals surface area contributed by atoms with E-state index in [2.05, 4.69) is 78.9 Å². The Morgan fingerprint density at radius 1 is 0.500 bits per heavy atom. The number of fused-ring (bicyclic) bond motifs is 1. The lowest BCUT2D eigenvalue weighted by molar-refractivity contribution is 0.443. The third-order valence-corrected chi connectivity index (χ3v) is 4.53. The van der Waals surface area contributed by atoms with Crippen molar-refractivity contribution in [1.29, 1.82) is 0 Å².